The number of para-hydroxylation sites is 1. The summed E-state index contributed by atoms with van der Waals surface area (Å²) in [6.45, 7) is 0. The van der Waals surface area contributed by atoms with Gasteiger partial charge in [-0.15, -0.1) is 0 Å². The van der Waals surface area contributed by atoms with Gasteiger partial charge in [-0.3, -0.25) is 4.79 Å². The number of carbonyl (C=O) groups is 1. The molecule has 1 fully saturated rings. The largest absolute Gasteiger partial charge is 0.493 e. The van der Waals surface area contributed by atoms with E-state index in [2.05, 4.69) is 0 Å². The highest BCUT2D eigenvalue weighted by atomic mass is 16.5. The van der Waals surface area contributed by atoms with Gasteiger partial charge in [0.2, 0.25) is 0 Å². The maximum atomic E-state index is 10.8. The van der Waals surface area contributed by atoms with Gasteiger partial charge in [-0.2, -0.15) is 0 Å². The van der Waals surface area contributed by atoms with E-state index in [0.717, 1.165) is 5.56 Å². The molecule has 86 valence electrons. The van der Waals surface area contributed by atoms with Gasteiger partial charge in [0, 0.05) is 11.5 Å². The van der Waals surface area contributed by atoms with E-state index in [9.17, 15) is 4.79 Å². The molecule has 16 heavy (non-hydrogen) atoms. The predicted molar refractivity (Wildman–Crippen MR) is 58.0 cm³/mol. The molecule has 0 unspecified atom stereocenters. The summed E-state index contributed by atoms with van der Waals surface area (Å²) in [5.41, 5.74) is 0.925. The number of hydrogen-bond acceptors (Lipinski definition) is 3. The van der Waals surface area contributed by atoms with Crippen LogP contribution in [0.15, 0.2) is 18.2 Å². The maximum absolute atomic E-state index is 10.8. The summed E-state index contributed by atoms with van der Waals surface area (Å²) >= 11 is 0. The summed E-state index contributed by atoms with van der Waals surface area (Å²) in [5.74, 6) is 0.341. The highest BCUT2D eigenvalue weighted by molar-refractivity contribution is 5.76. The molecule has 0 heterocycles. The minimum absolute atomic E-state index is 0.0579. The van der Waals surface area contributed by atoms with E-state index in [1.807, 2.05) is 12.1 Å². The third kappa shape index (κ3) is 1.71. The van der Waals surface area contributed by atoms with Crippen molar-refractivity contribution in [3.63, 3.8) is 0 Å². The van der Waals surface area contributed by atoms with Gasteiger partial charge in [-0.05, 0) is 12.5 Å². The molecule has 1 aliphatic carbocycles. The molecule has 2 rings (SSSR count). The Morgan fingerprint density at radius 2 is 2.12 bits per heavy atom. The molecule has 1 aliphatic rings. The van der Waals surface area contributed by atoms with Crippen molar-refractivity contribution in [3.8, 4) is 11.5 Å². The Bertz CT molecular complexity index is 413. The van der Waals surface area contributed by atoms with Gasteiger partial charge in [-0.25, -0.2) is 0 Å². The summed E-state index contributed by atoms with van der Waals surface area (Å²) in [5, 5.41) is 8.90. The van der Waals surface area contributed by atoms with Crippen LogP contribution in [0, 0.1) is 5.92 Å². The van der Waals surface area contributed by atoms with Gasteiger partial charge in [-0.1, -0.05) is 12.1 Å². The van der Waals surface area contributed by atoms with E-state index in [1.165, 1.54) is 0 Å². The summed E-state index contributed by atoms with van der Waals surface area (Å²) in [6.07, 6.45) is 0.679. The topological polar surface area (TPSA) is 55.8 Å². The van der Waals surface area contributed by atoms with Crippen LogP contribution in [0.25, 0.3) is 0 Å². The highest BCUT2D eigenvalue weighted by Gasteiger charge is 2.45. The molecule has 4 nitrogen and oxygen atoms in total. The Kier molecular flexibility index (Phi) is 2.73. The first-order valence-electron chi connectivity index (χ1n) is 5.12. The molecular weight excluding hydrogens is 208 g/mol. The predicted octanol–water partition coefficient (Wildman–Crippen LogP) is 1.89. The number of ether oxygens (including phenoxy) is 2. The van der Waals surface area contributed by atoms with Gasteiger partial charge in [0.1, 0.15) is 0 Å². The standard InChI is InChI=1S/C12H14O4/c1-15-10-5-3-4-7(11(10)16-2)8-6-9(8)12(13)14/h3-5,8-9H,6H2,1-2H3,(H,13,14)/t8-,9+/m1/s1. The van der Waals surface area contributed by atoms with Gasteiger partial charge in [0.25, 0.3) is 0 Å². The van der Waals surface area contributed by atoms with Crippen LogP contribution in [0.2, 0.25) is 0 Å². The average Bonchev–Trinajstić information content (AvgIpc) is 3.07. The van der Waals surface area contributed by atoms with Crippen molar-refractivity contribution in [1.82, 2.24) is 0 Å². The summed E-state index contributed by atoms with van der Waals surface area (Å²) < 4.78 is 10.5. The minimum atomic E-state index is -0.741. The molecular formula is C12H14O4. The zero-order valence-corrected chi connectivity index (χ0v) is 9.27. The van der Waals surface area contributed by atoms with Gasteiger partial charge < -0.3 is 14.6 Å². The van der Waals surface area contributed by atoms with Crippen LogP contribution in [0.5, 0.6) is 11.5 Å². The second kappa shape index (κ2) is 4.04. The van der Waals surface area contributed by atoms with Crippen molar-refractivity contribution in [2.24, 2.45) is 5.92 Å². The lowest BCUT2D eigenvalue weighted by Crippen LogP contribution is -2.01. The van der Waals surface area contributed by atoms with E-state index in [1.54, 1.807) is 20.3 Å². The van der Waals surface area contributed by atoms with E-state index in [0.29, 0.717) is 17.9 Å². The number of benzene rings is 1. The van der Waals surface area contributed by atoms with Crippen molar-refractivity contribution < 1.29 is 19.4 Å². The third-order valence-corrected chi connectivity index (χ3v) is 2.94. The van der Waals surface area contributed by atoms with Crippen LogP contribution in [0.3, 0.4) is 0 Å². The second-order valence-corrected chi connectivity index (χ2v) is 3.87. The Labute approximate surface area is 93.8 Å². The lowest BCUT2D eigenvalue weighted by atomic mass is 10.1. The van der Waals surface area contributed by atoms with E-state index >= 15 is 0 Å². The van der Waals surface area contributed by atoms with Gasteiger partial charge in [0.15, 0.2) is 11.5 Å². The molecule has 2 atom stereocenters. The van der Waals surface area contributed by atoms with Crippen molar-refractivity contribution in [3.05, 3.63) is 23.8 Å². The van der Waals surface area contributed by atoms with Crippen LogP contribution in [-0.2, 0) is 4.79 Å². The van der Waals surface area contributed by atoms with Crippen LogP contribution >= 0.6 is 0 Å². The number of carboxylic acid groups (broad SMARTS) is 1. The fourth-order valence-corrected chi connectivity index (χ4v) is 2.02. The summed E-state index contributed by atoms with van der Waals surface area (Å²) in [6, 6.07) is 5.56. The quantitative estimate of drug-likeness (QED) is 0.845. The van der Waals surface area contributed by atoms with Crippen molar-refractivity contribution in [1.29, 1.82) is 0 Å². The van der Waals surface area contributed by atoms with Crippen LogP contribution < -0.4 is 9.47 Å². The highest BCUT2D eigenvalue weighted by Crippen LogP contribution is 2.52. The van der Waals surface area contributed by atoms with Crippen molar-refractivity contribution in [2.45, 2.75) is 12.3 Å². The number of carboxylic acids is 1. The zero-order valence-electron chi connectivity index (χ0n) is 9.27. The number of aliphatic carboxylic acids is 1. The number of methoxy groups -OCH3 is 2. The molecule has 0 aromatic heterocycles. The smallest absolute Gasteiger partial charge is 0.307 e. The molecule has 0 saturated heterocycles. The zero-order chi connectivity index (χ0) is 11.7. The van der Waals surface area contributed by atoms with E-state index < -0.39 is 5.97 Å². The molecule has 1 aromatic carbocycles. The molecule has 1 saturated carbocycles. The Hall–Kier alpha value is -1.71. The fourth-order valence-electron chi connectivity index (χ4n) is 2.02. The first-order chi connectivity index (χ1) is 7.69. The lowest BCUT2D eigenvalue weighted by molar-refractivity contribution is -0.138. The Balaban J connectivity index is 2.31. The molecule has 4 heteroatoms. The molecule has 0 bridgehead atoms. The molecule has 1 aromatic rings. The summed E-state index contributed by atoms with van der Waals surface area (Å²) in [4.78, 5) is 10.8. The molecule has 0 radical (unpaired) electrons. The first kappa shape index (κ1) is 10.8. The molecule has 0 spiro atoms. The van der Waals surface area contributed by atoms with E-state index in [-0.39, 0.29) is 11.8 Å². The first-order valence-corrected chi connectivity index (χ1v) is 5.12. The van der Waals surface area contributed by atoms with Crippen LogP contribution in [0.4, 0.5) is 0 Å². The molecule has 0 amide bonds. The summed E-state index contributed by atoms with van der Waals surface area (Å²) in [7, 11) is 3.14. The van der Waals surface area contributed by atoms with Crippen LogP contribution in [-0.4, -0.2) is 25.3 Å². The number of hydrogen-bond donors (Lipinski definition) is 1. The van der Waals surface area contributed by atoms with Crippen molar-refractivity contribution >= 4 is 5.97 Å². The second-order valence-electron chi connectivity index (χ2n) is 3.87. The lowest BCUT2D eigenvalue weighted by Gasteiger charge is -2.11. The van der Waals surface area contributed by atoms with Gasteiger partial charge >= 0.3 is 5.97 Å². The SMILES string of the molecule is COc1cccc([C@H]2C[C@@H]2C(=O)O)c1OC. The average molecular weight is 222 g/mol. The molecule has 0 aliphatic heterocycles. The number of rotatable bonds is 4. The maximum Gasteiger partial charge on any atom is 0.307 e. The molecule has 1 N–H and O–H groups in total. The van der Waals surface area contributed by atoms with E-state index in [4.69, 9.17) is 14.6 Å². The van der Waals surface area contributed by atoms with Crippen molar-refractivity contribution in [2.75, 3.05) is 14.2 Å². The Morgan fingerprint density at radius 3 is 2.62 bits per heavy atom. The Morgan fingerprint density at radius 1 is 1.38 bits per heavy atom. The van der Waals surface area contributed by atoms with Gasteiger partial charge in [0.05, 0.1) is 20.1 Å². The third-order valence-electron chi connectivity index (χ3n) is 2.94. The fraction of sp³-hybridized carbons (Fsp3) is 0.417. The monoisotopic (exact) mass is 222 g/mol. The normalized spacial score (nSPS) is 22.6. The minimum Gasteiger partial charge on any atom is -0.493 e. The van der Waals surface area contributed by atoms with Crippen LogP contribution in [0.1, 0.15) is 17.9 Å².